The van der Waals surface area contributed by atoms with Gasteiger partial charge in [-0.15, -0.1) is 10.2 Å². The van der Waals surface area contributed by atoms with Crippen molar-refractivity contribution >= 4 is 62.7 Å². The molecule has 8 rings (SSSR count). The number of carboxylic acids is 1. The summed E-state index contributed by atoms with van der Waals surface area (Å²) in [7, 11) is -14.8. The molecular formula is C53H54F3N7Na3O19PS2. The second-order valence-corrected chi connectivity index (χ2v) is 24.9. The number of carbonyl (C=O) groups excluding carboxylic acids is 4. The van der Waals surface area contributed by atoms with Crippen molar-refractivity contribution in [3.63, 3.8) is 0 Å². The third-order valence-corrected chi connectivity index (χ3v) is 17.7. The number of amides is 2. The van der Waals surface area contributed by atoms with E-state index < -0.39 is 119 Å². The van der Waals surface area contributed by atoms with Gasteiger partial charge >= 0.3 is 106 Å². The van der Waals surface area contributed by atoms with E-state index >= 15 is 0 Å². The van der Waals surface area contributed by atoms with Crippen LogP contribution in [0.2, 0.25) is 0 Å². The molecule has 0 saturated carbocycles. The average Bonchev–Trinajstić information content (AvgIpc) is 1.36. The minimum Gasteiger partial charge on any atom is -0.744 e. The molecule has 26 nitrogen and oxygen atoms in total. The Morgan fingerprint density at radius 3 is 1.95 bits per heavy atom. The summed E-state index contributed by atoms with van der Waals surface area (Å²) in [6, 6.07) is 16.9. The van der Waals surface area contributed by atoms with Gasteiger partial charge in [0.15, 0.2) is 17.1 Å². The van der Waals surface area contributed by atoms with Crippen LogP contribution in [0.15, 0.2) is 105 Å². The molecule has 0 fully saturated rings. The molecule has 3 aliphatic rings. The number of aliphatic hydroxyl groups is 1. The van der Waals surface area contributed by atoms with Gasteiger partial charge in [-0.1, -0.05) is 30.7 Å². The number of hydrogen-bond donors (Lipinski definition) is 7. The molecule has 0 aliphatic carbocycles. The first kappa shape index (κ1) is 74.2. The number of hydrogen-bond acceptors (Lipinski definition) is 23. The molecule has 456 valence electrons. The van der Waals surface area contributed by atoms with Crippen LogP contribution in [0.3, 0.4) is 0 Å². The van der Waals surface area contributed by atoms with Crippen LogP contribution in [0.5, 0.6) is 17.2 Å². The van der Waals surface area contributed by atoms with Crippen LogP contribution >= 0.6 is 7.37 Å². The van der Waals surface area contributed by atoms with Crippen molar-refractivity contribution in [1.82, 2.24) is 16.0 Å². The predicted molar refractivity (Wildman–Crippen MR) is 287 cm³/mol. The van der Waals surface area contributed by atoms with Crippen LogP contribution in [0.25, 0.3) is 0 Å². The first-order valence-corrected chi connectivity index (χ1v) is 30.7. The van der Waals surface area contributed by atoms with E-state index in [0.29, 0.717) is 18.4 Å². The number of ether oxygens (including phenoxy) is 5. The summed E-state index contributed by atoms with van der Waals surface area (Å²) in [5, 5.41) is 36.4. The van der Waals surface area contributed by atoms with Crippen LogP contribution in [0.4, 0.5) is 24.5 Å². The Labute approximate surface area is 568 Å². The van der Waals surface area contributed by atoms with Gasteiger partial charge in [-0.3, -0.25) is 14.2 Å². The normalized spacial score (nSPS) is 15.4. The van der Waals surface area contributed by atoms with Crippen molar-refractivity contribution < 1.29 is 190 Å². The van der Waals surface area contributed by atoms with Gasteiger partial charge in [0.25, 0.3) is 11.8 Å². The van der Waals surface area contributed by atoms with Gasteiger partial charge in [0.05, 0.1) is 67.2 Å². The molecule has 5 aromatic carbocycles. The quantitative estimate of drug-likeness (QED) is 0.00613. The van der Waals surface area contributed by atoms with Crippen molar-refractivity contribution in [3.05, 3.63) is 135 Å². The molecule has 3 aliphatic heterocycles. The number of anilines is 2. The molecule has 0 radical (unpaired) electrons. The van der Waals surface area contributed by atoms with Crippen LogP contribution in [-0.4, -0.2) is 137 Å². The standard InChI is InChI=1S/C53H57F3N7O19PS2.3Na/c1-29(30-6-5-7-32(24-30)49(67)68)61-27-34(64)28-83(70,71)23-4-2-3-16-59-48(66)36-11-9-33(52(62-63-52)53(54,55)56)26-42(36)80-22-21-79-20-19-78-18-17-60-47(65)31-8-10-35-39(25-31)51(82-50(35)69)37-12-14-40(57)45(84(72,73)74)43(37)81-44-38(51)13-15-41(58)46(44)85(75,76)77;;;/h5-15,24-26,29,34,61,64H,2-4,16-23,27-28,57-58H2,1H3,(H,59,66)(H,60,65)(H,67,68)(H,70,71)(H,72,73,74)(H,75,76,77);;;/q;3*+1/p-3/t29-,34+;;;/m1.../s1. The monoisotopic (exact) mass is 1310 g/mol. The van der Waals surface area contributed by atoms with E-state index in [1.54, 1.807) is 19.1 Å². The van der Waals surface area contributed by atoms with Gasteiger partial charge < -0.3 is 80.1 Å². The van der Waals surface area contributed by atoms with E-state index in [9.17, 15) is 78.0 Å². The first-order valence-electron chi connectivity index (χ1n) is 25.9. The maximum Gasteiger partial charge on any atom is 1.00 e. The van der Waals surface area contributed by atoms with Crippen molar-refractivity contribution in [2.75, 3.05) is 76.5 Å². The zero-order valence-electron chi connectivity index (χ0n) is 47.7. The molecule has 35 heteroatoms. The zero-order chi connectivity index (χ0) is 61.9. The number of nitrogens with two attached hydrogens (primary N) is 2. The molecule has 3 atom stereocenters. The van der Waals surface area contributed by atoms with E-state index in [2.05, 4.69) is 26.2 Å². The molecule has 9 N–H and O–H groups in total. The third kappa shape index (κ3) is 16.7. The Kier molecular flexibility index (Phi) is 25.5. The zero-order valence-corrected chi connectivity index (χ0v) is 56.2. The largest absolute Gasteiger partial charge is 1.00 e. The molecule has 88 heavy (non-hydrogen) atoms. The number of benzene rings is 5. The van der Waals surface area contributed by atoms with Gasteiger partial charge in [-0.25, -0.2) is 21.6 Å². The Morgan fingerprint density at radius 2 is 1.36 bits per heavy atom. The van der Waals surface area contributed by atoms with Gasteiger partial charge in [0.1, 0.15) is 42.4 Å². The first-order chi connectivity index (χ1) is 40.0. The minimum absolute atomic E-state index is 0. The topological polar surface area (TPSA) is 422 Å². The van der Waals surface area contributed by atoms with Gasteiger partial charge in [-0.05, 0) is 91.6 Å². The number of fused-ring (bicyclic) bond motifs is 6. The number of alkyl halides is 3. The average molecular weight is 1310 g/mol. The molecule has 1 spiro atoms. The maximum absolute atomic E-state index is 14.0. The molecule has 5 aromatic rings. The summed E-state index contributed by atoms with van der Waals surface area (Å²) < 4.78 is 159. The molecule has 2 amide bonds. The summed E-state index contributed by atoms with van der Waals surface area (Å²) >= 11 is 0. The van der Waals surface area contributed by atoms with E-state index in [-0.39, 0.29) is 205 Å². The summed E-state index contributed by atoms with van der Waals surface area (Å²) in [5.74, 6) is -5.75. The van der Waals surface area contributed by atoms with Crippen molar-refractivity contribution in [1.29, 1.82) is 0 Å². The minimum atomic E-state index is -5.51. The predicted octanol–water partition coefficient (Wildman–Crippen LogP) is -5.49. The van der Waals surface area contributed by atoms with Crippen LogP contribution in [0.1, 0.15) is 101 Å². The molecule has 1 unspecified atom stereocenters. The summed E-state index contributed by atoms with van der Waals surface area (Å²) in [5.41, 5.74) is 4.34. The number of esters is 1. The van der Waals surface area contributed by atoms with Crippen molar-refractivity contribution in [2.24, 2.45) is 10.2 Å². The fourth-order valence-corrected chi connectivity index (χ4v) is 12.8. The third-order valence-electron chi connectivity index (χ3n) is 13.8. The number of halogens is 3. The molecule has 0 saturated heterocycles. The maximum atomic E-state index is 14.0. The van der Waals surface area contributed by atoms with Crippen molar-refractivity contribution in [3.8, 4) is 17.2 Å². The van der Waals surface area contributed by atoms with E-state index in [4.69, 9.17) is 35.2 Å². The molecule has 0 aromatic heterocycles. The van der Waals surface area contributed by atoms with Gasteiger partial charge in [-0.2, -0.15) is 13.2 Å². The second-order valence-electron chi connectivity index (χ2n) is 19.7. The fourth-order valence-electron chi connectivity index (χ4n) is 9.65. The van der Waals surface area contributed by atoms with E-state index in [1.165, 1.54) is 30.3 Å². The molecular weight excluding hydrogens is 1260 g/mol. The van der Waals surface area contributed by atoms with Crippen molar-refractivity contribution in [2.45, 2.75) is 65.6 Å². The Bertz CT molecular complexity index is 3690. The number of aromatic carboxylic acids is 1. The van der Waals surface area contributed by atoms with Crippen LogP contribution < -0.4 is 131 Å². The number of nitrogens with zero attached hydrogens (tertiary/aromatic N) is 2. The van der Waals surface area contributed by atoms with Crippen LogP contribution in [-0.2, 0) is 50.3 Å². The van der Waals surface area contributed by atoms with Crippen LogP contribution in [0, 0.1) is 0 Å². The SMILES string of the molecule is C[C@@H](NC[C@H](O)CP(=O)(O)CCCCCNC(=O)c1ccc(C2(C(F)(F)F)N=N2)cc1OCCOCCOCCNC(=O)c1ccc2c(c1)C1(OC2=O)c2ccc(N)c(S(=O)(=O)[O-])c2Oc2c1ccc(N)c2S(=O)(=O)[O-])c1cccc(C(=O)[O-])c1.[Na+].[Na+].[Na+]. The Balaban J connectivity index is 0.00000470. The number of unbranched alkanes of at least 4 members (excludes halogenated alkanes) is 2. The van der Waals surface area contributed by atoms with E-state index in [0.717, 1.165) is 42.5 Å². The number of rotatable bonds is 28. The van der Waals surface area contributed by atoms with Gasteiger partial charge in [0, 0.05) is 59.7 Å². The second kappa shape index (κ2) is 30.2. The Morgan fingerprint density at radius 1 is 0.761 bits per heavy atom. The summed E-state index contributed by atoms with van der Waals surface area (Å²) in [4.78, 5) is 59.8. The Hall–Kier alpha value is -4.58. The smallest absolute Gasteiger partial charge is 0.744 e. The van der Waals surface area contributed by atoms with E-state index in [1.807, 2.05) is 0 Å². The number of carboxylic acid groups (broad SMARTS) is 1. The summed E-state index contributed by atoms with van der Waals surface area (Å²) in [6.07, 6.45) is -5.56. The van der Waals surface area contributed by atoms with Gasteiger partial charge in [0.2, 0.25) is 7.37 Å². The fraction of sp³-hybridized carbons (Fsp3) is 0.358. The number of carbonyl (C=O) groups is 4. The number of aliphatic hydroxyl groups excluding tert-OH is 1. The number of nitrogen functional groups attached to an aromatic ring is 2. The molecule has 0 bridgehead atoms. The summed E-state index contributed by atoms with van der Waals surface area (Å²) in [6.45, 7) is 1.14. The molecule has 3 heterocycles. The number of nitrogens with one attached hydrogen (secondary N) is 3.